The van der Waals surface area contributed by atoms with E-state index in [4.69, 9.17) is 0 Å². The van der Waals surface area contributed by atoms with Crippen molar-refractivity contribution in [1.82, 2.24) is 15.8 Å². The van der Waals surface area contributed by atoms with E-state index >= 15 is 0 Å². The molecule has 3 N–H and O–H groups in total. The normalized spacial score (nSPS) is 11.3. The zero-order chi connectivity index (χ0) is 22.4. The van der Waals surface area contributed by atoms with Crippen LogP contribution in [0.3, 0.4) is 0 Å². The number of aromatic nitrogens is 1. The molecular formula is C21H18FN5O4. The van der Waals surface area contributed by atoms with E-state index < -0.39 is 22.6 Å². The van der Waals surface area contributed by atoms with Gasteiger partial charge in [-0.1, -0.05) is 18.2 Å². The van der Waals surface area contributed by atoms with Gasteiger partial charge in [-0.2, -0.15) is 0 Å². The van der Waals surface area contributed by atoms with Gasteiger partial charge in [-0.05, 0) is 43.3 Å². The van der Waals surface area contributed by atoms with Crippen molar-refractivity contribution >= 4 is 23.2 Å². The summed E-state index contributed by atoms with van der Waals surface area (Å²) in [6, 6.07) is 14.1. The fourth-order valence-electron chi connectivity index (χ4n) is 2.78. The molecule has 0 saturated carbocycles. The molecule has 0 aliphatic heterocycles. The van der Waals surface area contributed by atoms with E-state index in [0.717, 1.165) is 12.1 Å². The lowest BCUT2D eigenvalue weighted by Crippen LogP contribution is -2.42. The highest BCUT2D eigenvalue weighted by atomic mass is 19.1. The third-order valence-electron chi connectivity index (χ3n) is 4.37. The van der Waals surface area contributed by atoms with Crippen LogP contribution in [0.25, 0.3) is 0 Å². The van der Waals surface area contributed by atoms with Gasteiger partial charge >= 0.3 is 0 Å². The van der Waals surface area contributed by atoms with Crippen LogP contribution in [0.5, 0.6) is 0 Å². The number of benzene rings is 2. The number of carbonyl (C=O) groups excluding carboxylic acids is 2. The number of amides is 2. The molecule has 9 nitrogen and oxygen atoms in total. The molecule has 3 aromatic rings. The Morgan fingerprint density at radius 1 is 1.03 bits per heavy atom. The van der Waals surface area contributed by atoms with Crippen LogP contribution in [-0.4, -0.2) is 21.7 Å². The second kappa shape index (κ2) is 9.44. The zero-order valence-electron chi connectivity index (χ0n) is 16.3. The summed E-state index contributed by atoms with van der Waals surface area (Å²) < 4.78 is 13.6. The highest BCUT2D eigenvalue weighted by Gasteiger charge is 2.20. The molecule has 0 bridgehead atoms. The molecule has 2 amide bonds. The number of pyridine rings is 1. The molecule has 31 heavy (non-hydrogen) atoms. The molecule has 0 saturated heterocycles. The Labute approximate surface area is 176 Å². The minimum Gasteiger partial charge on any atom is -0.371 e. The largest absolute Gasteiger partial charge is 0.371 e. The fourth-order valence-corrected chi connectivity index (χ4v) is 2.78. The first-order valence-electron chi connectivity index (χ1n) is 9.18. The first-order chi connectivity index (χ1) is 14.9. The predicted molar refractivity (Wildman–Crippen MR) is 111 cm³/mol. The maximum absolute atomic E-state index is 13.6. The predicted octanol–water partition coefficient (Wildman–Crippen LogP) is 3.38. The lowest BCUT2D eigenvalue weighted by molar-refractivity contribution is -0.384. The Hall–Kier alpha value is -4.34. The SMILES string of the molecule is CC(Nc1ccc(C(=O)NNC(=O)c2ccccc2F)cc1[N+](=O)[O-])c1ccccn1. The van der Waals surface area contributed by atoms with Gasteiger partial charge < -0.3 is 5.32 Å². The molecule has 0 fully saturated rings. The molecule has 3 rings (SSSR count). The summed E-state index contributed by atoms with van der Waals surface area (Å²) in [5.74, 6) is -2.40. The van der Waals surface area contributed by atoms with Gasteiger partial charge in [0.15, 0.2) is 0 Å². The second-order valence-electron chi connectivity index (χ2n) is 6.50. The number of rotatable bonds is 6. The standard InChI is InChI=1S/C21H18FN5O4/c1-13(17-8-4-5-11-23-17)24-18-10-9-14(12-19(18)27(30)31)20(28)25-26-21(29)15-6-2-3-7-16(15)22/h2-13,24H,1H3,(H,25,28)(H,26,29). The minimum absolute atomic E-state index is 0.0587. The summed E-state index contributed by atoms with van der Waals surface area (Å²) in [4.78, 5) is 39.4. The number of hydrogen-bond acceptors (Lipinski definition) is 6. The van der Waals surface area contributed by atoms with E-state index in [0.29, 0.717) is 5.69 Å². The smallest absolute Gasteiger partial charge is 0.293 e. The van der Waals surface area contributed by atoms with Crippen molar-refractivity contribution in [3.8, 4) is 0 Å². The van der Waals surface area contributed by atoms with Crippen molar-refractivity contribution in [3.05, 3.63) is 99.6 Å². The Balaban J connectivity index is 1.72. The van der Waals surface area contributed by atoms with Crippen molar-refractivity contribution in [2.75, 3.05) is 5.32 Å². The van der Waals surface area contributed by atoms with Gasteiger partial charge in [-0.15, -0.1) is 0 Å². The van der Waals surface area contributed by atoms with Gasteiger partial charge in [-0.3, -0.25) is 35.5 Å². The van der Waals surface area contributed by atoms with Crippen LogP contribution in [0.1, 0.15) is 39.4 Å². The van der Waals surface area contributed by atoms with Crippen LogP contribution >= 0.6 is 0 Å². The number of nitrogens with zero attached hydrogens (tertiary/aromatic N) is 2. The highest BCUT2D eigenvalue weighted by Crippen LogP contribution is 2.28. The first kappa shape index (κ1) is 21.4. The summed E-state index contributed by atoms with van der Waals surface area (Å²) in [7, 11) is 0. The van der Waals surface area contributed by atoms with Crippen LogP contribution in [0.15, 0.2) is 66.9 Å². The molecule has 0 radical (unpaired) electrons. The zero-order valence-corrected chi connectivity index (χ0v) is 16.3. The van der Waals surface area contributed by atoms with Crippen LogP contribution in [0.4, 0.5) is 15.8 Å². The molecule has 1 unspecified atom stereocenters. The van der Waals surface area contributed by atoms with Crippen LogP contribution in [0.2, 0.25) is 0 Å². The summed E-state index contributed by atoms with van der Waals surface area (Å²) in [5.41, 5.74) is 4.46. The molecule has 1 aromatic heterocycles. The van der Waals surface area contributed by atoms with Crippen LogP contribution in [-0.2, 0) is 0 Å². The fraction of sp³-hybridized carbons (Fsp3) is 0.0952. The van der Waals surface area contributed by atoms with Gasteiger partial charge in [0, 0.05) is 17.8 Å². The van der Waals surface area contributed by atoms with Gasteiger partial charge in [0.25, 0.3) is 17.5 Å². The quantitative estimate of drug-likeness (QED) is 0.412. The molecule has 10 heteroatoms. The number of nitro benzene ring substituents is 1. The summed E-state index contributed by atoms with van der Waals surface area (Å²) in [6.07, 6.45) is 1.62. The van der Waals surface area contributed by atoms with Crippen molar-refractivity contribution in [2.24, 2.45) is 0 Å². The Bertz CT molecular complexity index is 1120. The first-order valence-corrected chi connectivity index (χ1v) is 9.18. The van der Waals surface area contributed by atoms with Crippen LogP contribution < -0.4 is 16.2 Å². The second-order valence-corrected chi connectivity index (χ2v) is 6.50. The van der Waals surface area contributed by atoms with E-state index in [9.17, 15) is 24.1 Å². The Kier molecular flexibility index (Phi) is 6.51. The van der Waals surface area contributed by atoms with Gasteiger partial charge in [0.2, 0.25) is 0 Å². The third kappa shape index (κ3) is 5.18. The lowest BCUT2D eigenvalue weighted by atomic mass is 10.1. The van der Waals surface area contributed by atoms with E-state index in [1.165, 1.54) is 30.3 Å². The van der Waals surface area contributed by atoms with Crippen molar-refractivity contribution in [2.45, 2.75) is 13.0 Å². The number of carbonyl (C=O) groups is 2. The number of nitro groups is 1. The number of hydrazine groups is 1. The van der Waals surface area contributed by atoms with Crippen molar-refractivity contribution in [1.29, 1.82) is 0 Å². The molecule has 1 atom stereocenters. The summed E-state index contributed by atoms with van der Waals surface area (Å²) >= 11 is 0. The highest BCUT2D eigenvalue weighted by molar-refractivity contribution is 5.99. The molecule has 0 spiro atoms. The van der Waals surface area contributed by atoms with Crippen LogP contribution in [0, 0.1) is 15.9 Å². The summed E-state index contributed by atoms with van der Waals surface area (Å²) in [6.45, 7) is 1.80. The van der Waals surface area contributed by atoms with Crippen molar-refractivity contribution in [3.63, 3.8) is 0 Å². The lowest BCUT2D eigenvalue weighted by Gasteiger charge is -2.15. The average Bonchev–Trinajstić information content (AvgIpc) is 2.78. The Morgan fingerprint density at radius 2 is 1.74 bits per heavy atom. The van der Waals surface area contributed by atoms with Gasteiger partial charge in [-0.25, -0.2) is 4.39 Å². The van der Waals surface area contributed by atoms with Gasteiger partial charge in [0.1, 0.15) is 11.5 Å². The monoisotopic (exact) mass is 423 g/mol. The molecule has 1 heterocycles. The topological polar surface area (TPSA) is 126 Å². The molecule has 0 aliphatic rings. The van der Waals surface area contributed by atoms with E-state index in [2.05, 4.69) is 21.2 Å². The maximum atomic E-state index is 13.6. The maximum Gasteiger partial charge on any atom is 0.293 e. The molecular weight excluding hydrogens is 405 g/mol. The van der Waals surface area contributed by atoms with E-state index in [-0.39, 0.29) is 28.5 Å². The van der Waals surface area contributed by atoms with E-state index in [1.54, 1.807) is 31.3 Å². The third-order valence-corrected chi connectivity index (χ3v) is 4.37. The Morgan fingerprint density at radius 3 is 2.42 bits per heavy atom. The van der Waals surface area contributed by atoms with E-state index in [1.807, 2.05) is 0 Å². The number of hydrogen-bond donors (Lipinski definition) is 3. The molecule has 2 aromatic carbocycles. The number of nitrogens with one attached hydrogen (secondary N) is 3. The van der Waals surface area contributed by atoms with Crippen molar-refractivity contribution < 1.29 is 18.9 Å². The number of halogens is 1. The molecule has 158 valence electrons. The number of anilines is 1. The van der Waals surface area contributed by atoms with Gasteiger partial charge in [0.05, 0.1) is 22.2 Å². The average molecular weight is 423 g/mol. The minimum atomic E-state index is -0.858. The molecule has 0 aliphatic carbocycles. The summed E-state index contributed by atoms with van der Waals surface area (Å²) in [5, 5.41) is 14.5.